The van der Waals surface area contributed by atoms with Crippen LogP contribution in [0.4, 0.5) is 0 Å². The van der Waals surface area contributed by atoms with Gasteiger partial charge in [-0.25, -0.2) is 4.79 Å². The topological polar surface area (TPSA) is 77.8 Å². The highest BCUT2D eigenvalue weighted by Gasteiger charge is 2.40. The molecule has 0 radical (unpaired) electrons. The summed E-state index contributed by atoms with van der Waals surface area (Å²) in [5.74, 6) is -0.705. The van der Waals surface area contributed by atoms with Gasteiger partial charge in [0, 0.05) is 32.4 Å². The molecular weight excluding hydrogens is 234 g/mol. The van der Waals surface area contributed by atoms with Crippen molar-refractivity contribution in [3.63, 3.8) is 0 Å². The number of carbonyl (C=O) groups is 2. The second-order valence-electron chi connectivity index (χ2n) is 5.10. The van der Waals surface area contributed by atoms with Crippen LogP contribution in [0.25, 0.3) is 0 Å². The second-order valence-corrected chi connectivity index (χ2v) is 5.10. The van der Waals surface area contributed by atoms with E-state index in [4.69, 9.17) is 5.11 Å². The SMILES string of the molecule is CCC(CC)CC(=O)N1CCC(O)(C(=O)O)CC1. The molecule has 0 atom stereocenters. The Balaban J connectivity index is 2.48. The first kappa shape index (κ1) is 15.0. The smallest absolute Gasteiger partial charge is 0.335 e. The molecule has 1 saturated heterocycles. The van der Waals surface area contributed by atoms with E-state index in [1.165, 1.54) is 0 Å². The molecule has 1 rings (SSSR count). The number of aliphatic carboxylic acids is 1. The van der Waals surface area contributed by atoms with E-state index >= 15 is 0 Å². The van der Waals surface area contributed by atoms with Crippen LogP contribution in [-0.2, 0) is 9.59 Å². The summed E-state index contributed by atoms with van der Waals surface area (Å²) in [6, 6.07) is 0. The summed E-state index contributed by atoms with van der Waals surface area (Å²) < 4.78 is 0. The Bertz CT molecular complexity index is 304. The van der Waals surface area contributed by atoms with Crippen LogP contribution in [-0.4, -0.2) is 45.7 Å². The third-order valence-corrected chi connectivity index (χ3v) is 3.96. The molecule has 0 aromatic heterocycles. The molecule has 1 aliphatic heterocycles. The predicted molar refractivity (Wildman–Crippen MR) is 67.1 cm³/mol. The first-order chi connectivity index (χ1) is 8.42. The largest absolute Gasteiger partial charge is 0.479 e. The molecule has 0 bridgehead atoms. The molecule has 2 N–H and O–H groups in total. The molecule has 18 heavy (non-hydrogen) atoms. The van der Waals surface area contributed by atoms with Crippen LogP contribution in [0.1, 0.15) is 46.0 Å². The molecule has 0 unspecified atom stereocenters. The summed E-state index contributed by atoms with van der Waals surface area (Å²) in [5.41, 5.74) is -1.65. The Hall–Kier alpha value is -1.10. The van der Waals surface area contributed by atoms with E-state index in [0.717, 1.165) is 12.8 Å². The predicted octanol–water partition coefficient (Wildman–Crippen LogP) is 1.25. The van der Waals surface area contributed by atoms with Crippen molar-refractivity contribution in [2.75, 3.05) is 13.1 Å². The Morgan fingerprint density at radius 3 is 2.11 bits per heavy atom. The van der Waals surface area contributed by atoms with Crippen molar-refractivity contribution in [3.8, 4) is 0 Å². The van der Waals surface area contributed by atoms with E-state index in [-0.39, 0.29) is 18.7 Å². The molecule has 104 valence electrons. The summed E-state index contributed by atoms with van der Waals surface area (Å²) in [4.78, 5) is 24.5. The van der Waals surface area contributed by atoms with Crippen molar-refractivity contribution in [2.24, 2.45) is 5.92 Å². The van der Waals surface area contributed by atoms with Gasteiger partial charge in [0.1, 0.15) is 0 Å². The zero-order valence-electron chi connectivity index (χ0n) is 11.2. The lowest BCUT2D eigenvalue weighted by molar-refractivity contribution is -0.165. The maximum absolute atomic E-state index is 12.0. The van der Waals surface area contributed by atoms with E-state index < -0.39 is 11.6 Å². The summed E-state index contributed by atoms with van der Waals surface area (Å²) in [6.07, 6.45) is 2.73. The summed E-state index contributed by atoms with van der Waals surface area (Å²) in [5, 5.41) is 18.7. The quantitative estimate of drug-likeness (QED) is 0.777. The third kappa shape index (κ3) is 3.45. The van der Waals surface area contributed by atoms with Crippen molar-refractivity contribution in [1.82, 2.24) is 4.90 Å². The maximum Gasteiger partial charge on any atom is 0.335 e. The standard InChI is InChI=1S/C13H23NO4/c1-3-10(4-2)9-11(15)14-7-5-13(18,6-8-14)12(16)17/h10,18H,3-9H2,1-2H3,(H,16,17). The van der Waals surface area contributed by atoms with Crippen molar-refractivity contribution in [1.29, 1.82) is 0 Å². The van der Waals surface area contributed by atoms with Gasteiger partial charge in [-0.2, -0.15) is 0 Å². The number of hydrogen-bond donors (Lipinski definition) is 2. The minimum absolute atomic E-state index is 0.0798. The molecule has 0 aromatic carbocycles. The number of amides is 1. The van der Waals surface area contributed by atoms with E-state index in [2.05, 4.69) is 13.8 Å². The fraction of sp³-hybridized carbons (Fsp3) is 0.846. The van der Waals surface area contributed by atoms with Gasteiger partial charge in [0.2, 0.25) is 5.91 Å². The van der Waals surface area contributed by atoms with Gasteiger partial charge >= 0.3 is 5.97 Å². The summed E-state index contributed by atoms with van der Waals surface area (Å²) in [7, 11) is 0. The van der Waals surface area contributed by atoms with Crippen molar-refractivity contribution in [2.45, 2.75) is 51.6 Å². The molecule has 5 heteroatoms. The molecule has 1 aliphatic rings. The van der Waals surface area contributed by atoms with E-state index in [9.17, 15) is 14.7 Å². The fourth-order valence-electron chi connectivity index (χ4n) is 2.29. The highest BCUT2D eigenvalue weighted by Crippen LogP contribution is 2.24. The number of rotatable bonds is 5. The van der Waals surface area contributed by atoms with Gasteiger partial charge in [0.15, 0.2) is 5.60 Å². The number of hydrogen-bond acceptors (Lipinski definition) is 3. The maximum atomic E-state index is 12.0. The van der Waals surface area contributed by atoms with Crippen LogP contribution < -0.4 is 0 Å². The number of piperidine rings is 1. The monoisotopic (exact) mass is 257 g/mol. The highest BCUT2D eigenvalue weighted by molar-refractivity contribution is 5.79. The Morgan fingerprint density at radius 1 is 1.22 bits per heavy atom. The van der Waals surface area contributed by atoms with Crippen LogP contribution in [0.3, 0.4) is 0 Å². The van der Waals surface area contributed by atoms with Crippen LogP contribution in [0, 0.1) is 5.92 Å². The lowest BCUT2D eigenvalue weighted by Gasteiger charge is -2.35. The molecule has 0 saturated carbocycles. The van der Waals surface area contributed by atoms with Gasteiger partial charge in [-0.3, -0.25) is 4.79 Å². The molecule has 1 fully saturated rings. The van der Waals surface area contributed by atoms with Gasteiger partial charge in [0.25, 0.3) is 0 Å². The van der Waals surface area contributed by atoms with Crippen molar-refractivity contribution in [3.05, 3.63) is 0 Å². The summed E-state index contributed by atoms with van der Waals surface area (Å²) >= 11 is 0. The Labute approximate surface area is 108 Å². The number of nitrogens with zero attached hydrogens (tertiary/aromatic N) is 1. The number of carboxylic acids is 1. The van der Waals surface area contributed by atoms with Gasteiger partial charge in [0.05, 0.1) is 0 Å². The second kappa shape index (κ2) is 6.18. The van der Waals surface area contributed by atoms with Gasteiger partial charge in [-0.05, 0) is 5.92 Å². The number of carboxylic acid groups (broad SMARTS) is 1. The molecule has 0 aromatic rings. The first-order valence-electron chi connectivity index (χ1n) is 6.66. The Morgan fingerprint density at radius 2 is 1.72 bits per heavy atom. The first-order valence-corrected chi connectivity index (χ1v) is 6.66. The molecule has 5 nitrogen and oxygen atoms in total. The van der Waals surface area contributed by atoms with Gasteiger partial charge in [-0.1, -0.05) is 26.7 Å². The van der Waals surface area contributed by atoms with Gasteiger partial charge < -0.3 is 15.1 Å². The number of carbonyl (C=O) groups excluding carboxylic acids is 1. The van der Waals surface area contributed by atoms with E-state index in [1.807, 2.05) is 0 Å². The third-order valence-electron chi connectivity index (χ3n) is 3.96. The minimum atomic E-state index is -1.65. The van der Waals surface area contributed by atoms with Crippen molar-refractivity contribution >= 4 is 11.9 Å². The zero-order chi connectivity index (χ0) is 13.8. The van der Waals surface area contributed by atoms with Crippen LogP contribution in [0.2, 0.25) is 0 Å². The van der Waals surface area contributed by atoms with Gasteiger partial charge in [-0.15, -0.1) is 0 Å². The molecule has 0 spiro atoms. The number of likely N-dealkylation sites (tertiary alicyclic amines) is 1. The van der Waals surface area contributed by atoms with Crippen molar-refractivity contribution < 1.29 is 19.8 Å². The van der Waals surface area contributed by atoms with Crippen LogP contribution in [0.15, 0.2) is 0 Å². The lowest BCUT2D eigenvalue weighted by Crippen LogP contribution is -2.51. The Kier molecular flexibility index (Phi) is 5.14. The summed E-state index contributed by atoms with van der Waals surface area (Å²) in [6.45, 7) is 4.81. The van der Waals surface area contributed by atoms with Crippen LogP contribution in [0.5, 0.6) is 0 Å². The van der Waals surface area contributed by atoms with E-state index in [1.54, 1.807) is 4.90 Å². The molecule has 1 amide bonds. The average molecular weight is 257 g/mol. The normalized spacial score (nSPS) is 19.0. The zero-order valence-corrected chi connectivity index (χ0v) is 11.2. The number of aliphatic hydroxyl groups is 1. The molecule has 0 aliphatic carbocycles. The minimum Gasteiger partial charge on any atom is -0.479 e. The molecular formula is C13H23NO4. The van der Waals surface area contributed by atoms with Crippen LogP contribution >= 0.6 is 0 Å². The van der Waals surface area contributed by atoms with E-state index in [0.29, 0.717) is 25.4 Å². The molecule has 1 heterocycles. The average Bonchev–Trinajstić information content (AvgIpc) is 2.36. The fourth-order valence-corrected chi connectivity index (χ4v) is 2.29. The lowest BCUT2D eigenvalue weighted by atomic mass is 9.91. The highest BCUT2D eigenvalue weighted by atomic mass is 16.4.